The van der Waals surface area contributed by atoms with Gasteiger partial charge in [0.15, 0.2) is 22.3 Å². The predicted molar refractivity (Wildman–Crippen MR) is 123 cm³/mol. The molecule has 0 spiro atoms. The highest BCUT2D eigenvalue weighted by Crippen LogP contribution is 2.32. The summed E-state index contributed by atoms with van der Waals surface area (Å²) in [5.41, 5.74) is 2.51. The Morgan fingerprint density at radius 2 is 1.91 bits per heavy atom. The number of fused-ring (bicyclic) bond motifs is 1. The van der Waals surface area contributed by atoms with Gasteiger partial charge in [0, 0.05) is 24.7 Å². The lowest BCUT2D eigenvalue weighted by Gasteiger charge is -2.09. The Morgan fingerprint density at radius 3 is 2.71 bits per heavy atom. The first-order valence-corrected chi connectivity index (χ1v) is 11.4. The fourth-order valence-corrected chi connectivity index (χ4v) is 4.14. The summed E-state index contributed by atoms with van der Waals surface area (Å²) in [6.07, 6.45) is 3.35. The number of nitrogens with one attached hydrogen (secondary N) is 1. The van der Waals surface area contributed by atoms with Crippen molar-refractivity contribution in [2.24, 2.45) is 0 Å². The molecule has 0 bridgehead atoms. The molecule has 1 N–H and O–H groups in total. The van der Waals surface area contributed by atoms with Gasteiger partial charge in [-0.1, -0.05) is 23.0 Å². The number of methoxy groups -OCH3 is 1. The van der Waals surface area contributed by atoms with E-state index in [0.717, 1.165) is 17.0 Å². The van der Waals surface area contributed by atoms with E-state index in [1.54, 1.807) is 30.3 Å². The number of carbonyl (C=O) groups is 1. The first-order chi connectivity index (χ1) is 16.7. The van der Waals surface area contributed by atoms with Crippen molar-refractivity contribution in [1.29, 1.82) is 0 Å². The summed E-state index contributed by atoms with van der Waals surface area (Å²) in [6.45, 7) is 0.505. The largest absolute Gasteiger partial charge is 0.497 e. The molecule has 0 unspecified atom stereocenters. The molecule has 10 nitrogen and oxygen atoms in total. The molecule has 1 aliphatic rings. The first kappa shape index (κ1) is 21.7. The highest BCUT2D eigenvalue weighted by atomic mass is 32.2. The molecule has 0 fully saturated rings. The van der Waals surface area contributed by atoms with Crippen LogP contribution in [0.3, 0.4) is 0 Å². The van der Waals surface area contributed by atoms with E-state index < -0.39 is 0 Å². The zero-order chi connectivity index (χ0) is 23.3. The third kappa shape index (κ3) is 4.64. The fraction of sp³-hybridized carbons (Fsp3) is 0.174. The summed E-state index contributed by atoms with van der Waals surface area (Å²) in [4.78, 5) is 21.6. The maximum absolute atomic E-state index is 13.1. The Bertz CT molecular complexity index is 1300. The minimum atomic E-state index is -0.331. The molecule has 1 aliphatic heterocycles. The quantitative estimate of drug-likeness (QED) is 0.303. The molecular weight excluding hydrogens is 456 g/mol. The molecule has 1 amide bonds. The van der Waals surface area contributed by atoms with Gasteiger partial charge in [-0.05, 0) is 48.0 Å². The number of carbonyl (C=O) groups excluding carboxylic acids is 1. The zero-order valence-corrected chi connectivity index (χ0v) is 19.0. The lowest BCUT2D eigenvalue weighted by atomic mass is 10.2. The van der Waals surface area contributed by atoms with E-state index in [1.165, 1.54) is 11.8 Å². The number of hydrogen-bond donors (Lipinski definition) is 1. The molecule has 0 saturated heterocycles. The third-order valence-corrected chi connectivity index (χ3v) is 5.95. The molecule has 2 aromatic heterocycles. The minimum Gasteiger partial charge on any atom is -0.497 e. The predicted octanol–water partition coefficient (Wildman–Crippen LogP) is 3.02. The average molecular weight is 477 g/mol. The van der Waals surface area contributed by atoms with Crippen LogP contribution in [0.4, 0.5) is 0 Å². The number of rotatable bonds is 8. The van der Waals surface area contributed by atoms with Crippen LogP contribution >= 0.6 is 11.8 Å². The maximum atomic E-state index is 13.1. The molecule has 2 aromatic carbocycles. The van der Waals surface area contributed by atoms with Crippen LogP contribution in [-0.2, 0) is 12.3 Å². The molecule has 4 aromatic rings. The van der Waals surface area contributed by atoms with Gasteiger partial charge in [-0.3, -0.25) is 4.79 Å². The number of aromatic nitrogens is 5. The van der Waals surface area contributed by atoms with E-state index >= 15 is 0 Å². The summed E-state index contributed by atoms with van der Waals surface area (Å²) in [7, 11) is 1.61. The van der Waals surface area contributed by atoms with Crippen LogP contribution in [0.25, 0.3) is 5.69 Å². The zero-order valence-electron chi connectivity index (χ0n) is 18.2. The molecular formula is C23H20N6O4S. The van der Waals surface area contributed by atoms with Gasteiger partial charge in [0.05, 0.1) is 18.5 Å². The topological polar surface area (TPSA) is 113 Å². The van der Waals surface area contributed by atoms with Crippen molar-refractivity contribution in [3.05, 3.63) is 77.9 Å². The second kappa shape index (κ2) is 9.79. The van der Waals surface area contributed by atoms with Gasteiger partial charge in [-0.2, -0.15) is 0 Å². The molecule has 3 heterocycles. The van der Waals surface area contributed by atoms with Crippen LogP contribution < -0.4 is 19.5 Å². The Labute approximate surface area is 199 Å². The molecule has 0 aliphatic carbocycles. The first-order valence-electron chi connectivity index (χ1n) is 10.4. The van der Waals surface area contributed by atoms with Gasteiger partial charge in [0.25, 0.3) is 5.91 Å². The van der Waals surface area contributed by atoms with Crippen molar-refractivity contribution in [3.8, 4) is 22.9 Å². The molecule has 0 atom stereocenters. The Balaban J connectivity index is 1.38. The molecule has 0 radical (unpaired) electrons. The van der Waals surface area contributed by atoms with Crippen LogP contribution in [0.5, 0.6) is 17.2 Å². The monoisotopic (exact) mass is 476 g/mol. The van der Waals surface area contributed by atoms with Gasteiger partial charge in [0.2, 0.25) is 6.79 Å². The summed E-state index contributed by atoms with van der Waals surface area (Å²) in [6, 6.07) is 14.7. The van der Waals surface area contributed by atoms with Crippen LogP contribution in [0.15, 0.2) is 66.1 Å². The number of thioether (sulfide) groups is 1. The van der Waals surface area contributed by atoms with Crippen molar-refractivity contribution >= 4 is 17.7 Å². The molecule has 0 saturated carbocycles. The van der Waals surface area contributed by atoms with E-state index in [2.05, 4.69) is 25.6 Å². The Morgan fingerprint density at radius 1 is 1.12 bits per heavy atom. The molecule has 11 heteroatoms. The van der Waals surface area contributed by atoms with Crippen molar-refractivity contribution in [2.75, 3.05) is 13.9 Å². The van der Waals surface area contributed by atoms with E-state index in [9.17, 15) is 4.79 Å². The third-order valence-electron chi connectivity index (χ3n) is 5.07. The van der Waals surface area contributed by atoms with Crippen LogP contribution in [0, 0.1) is 0 Å². The number of nitrogens with zero attached hydrogens (tertiary/aromatic N) is 5. The van der Waals surface area contributed by atoms with E-state index in [0.29, 0.717) is 34.6 Å². The number of ether oxygens (including phenoxy) is 3. The highest BCUT2D eigenvalue weighted by Gasteiger charge is 2.22. The maximum Gasteiger partial charge on any atom is 0.274 e. The van der Waals surface area contributed by atoms with Crippen molar-refractivity contribution < 1.29 is 19.0 Å². The fourth-order valence-electron chi connectivity index (χ4n) is 3.35. The lowest BCUT2D eigenvalue weighted by molar-refractivity contribution is 0.0945. The van der Waals surface area contributed by atoms with Gasteiger partial charge in [-0.25, -0.2) is 14.6 Å². The summed E-state index contributed by atoms with van der Waals surface area (Å²) in [5.74, 6) is 2.15. The molecule has 34 heavy (non-hydrogen) atoms. The lowest BCUT2D eigenvalue weighted by Crippen LogP contribution is -2.24. The number of amides is 1. The normalized spacial score (nSPS) is 11.9. The Hall–Kier alpha value is -4.12. The summed E-state index contributed by atoms with van der Waals surface area (Å²) >= 11 is 1.40. The smallest absolute Gasteiger partial charge is 0.274 e. The molecule has 5 rings (SSSR count). The van der Waals surface area contributed by atoms with Crippen molar-refractivity contribution in [2.45, 2.75) is 17.5 Å². The van der Waals surface area contributed by atoms with Gasteiger partial charge >= 0.3 is 0 Å². The van der Waals surface area contributed by atoms with Crippen molar-refractivity contribution in [1.82, 2.24) is 30.3 Å². The summed E-state index contributed by atoms with van der Waals surface area (Å²) < 4.78 is 17.6. The van der Waals surface area contributed by atoms with Gasteiger partial charge in [0.1, 0.15) is 5.75 Å². The Kier molecular flexibility index (Phi) is 6.25. The minimum absolute atomic E-state index is 0.200. The van der Waals surface area contributed by atoms with E-state index in [-0.39, 0.29) is 18.4 Å². The van der Waals surface area contributed by atoms with Crippen molar-refractivity contribution in [3.63, 3.8) is 0 Å². The van der Waals surface area contributed by atoms with E-state index in [4.69, 9.17) is 14.2 Å². The second-order valence-corrected chi connectivity index (χ2v) is 8.13. The summed E-state index contributed by atoms with van der Waals surface area (Å²) in [5, 5.41) is 12.0. The molecule has 172 valence electrons. The standard InChI is InChI=1S/C23H20N6O4S/c1-31-17-6-4-16(5-7-17)29-18(13-34-23-24-9-2-10-25-23)21(27-28-29)22(30)26-12-15-3-8-19-20(11-15)33-14-32-19/h2-11H,12-14H2,1H3,(H,26,30). The van der Waals surface area contributed by atoms with E-state index in [1.807, 2.05) is 42.5 Å². The number of benzene rings is 2. The van der Waals surface area contributed by atoms with Crippen LogP contribution in [-0.4, -0.2) is 44.8 Å². The van der Waals surface area contributed by atoms with Crippen LogP contribution in [0.2, 0.25) is 0 Å². The van der Waals surface area contributed by atoms with Gasteiger partial charge in [-0.15, -0.1) is 5.10 Å². The average Bonchev–Trinajstić information content (AvgIpc) is 3.53. The van der Waals surface area contributed by atoms with Crippen LogP contribution in [0.1, 0.15) is 21.7 Å². The van der Waals surface area contributed by atoms with Gasteiger partial charge < -0.3 is 19.5 Å². The highest BCUT2D eigenvalue weighted by molar-refractivity contribution is 7.98. The second-order valence-electron chi connectivity index (χ2n) is 7.18. The number of hydrogen-bond acceptors (Lipinski definition) is 9. The SMILES string of the molecule is COc1ccc(-n2nnc(C(=O)NCc3ccc4c(c3)OCO4)c2CSc2ncccn2)cc1.